The normalized spacial score (nSPS) is 10.5. The highest BCUT2D eigenvalue weighted by Gasteiger charge is 2.18. The van der Waals surface area contributed by atoms with Crippen molar-refractivity contribution in [3.63, 3.8) is 0 Å². The SMILES string of the molecule is COC(=O)c1cc(OC(F)F)cc(CBr)c1F. The number of rotatable bonds is 4. The molecule has 0 unspecified atom stereocenters. The Labute approximate surface area is 104 Å². The van der Waals surface area contributed by atoms with E-state index in [0.717, 1.165) is 19.2 Å². The topological polar surface area (TPSA) is 35.5 Å². The average molecular weight is 313 g/mol. The molecule has 0 fully saturated rings. The predicted octanol–water partition coefficient (Wildman–Crippen LogP) is 3.11. The first kappa shape index (κ1) is 13.8. The molecule has 17 heavy (non-hydrogen) atoms. The van der Waals surface area contributed by atoms with Crippen molar-refractivity contribution in [3.8, 4) is 5.75 Å². The molecule has 0 aliphatic heterocycles. The van der Waals surface area contributed by atoms with Gasteiger partial charge in [0.15, 0.2) is 0 Å². The lowest BCUT2D eigenvalue weighted by Crippen LogP contribution is -2.09. The van der Waals surface area contributed by atoms with E-state index in [2.05, 4.69) is 25.4 Å². The molecular weight excluding hydrogens is 305 g/mol. The summed E-state index contributed by atoms with van der Waals surface area (Å²) in [6.07, 6.45) is 0. The van der Waals surface area contributed by atoms with Crippen molar-refractivity contribution in [1.29, 1.82) is 0 Å². The highest BCUT2D eigenvalue weighted by Crippen LogP contribution is 2.25. The Bertz CT molecular complexity index is 424. The fraction of sp³-hybridized carbons (Fsp3) is 0.300. The summed E-state index contributed by atoms with van der Waals surface area (Å²) in [5.74, 6) is -2.07. The van der Waals surface area contributed by atoms with Crippen molar-refractivity contribution in [2.45, 2.75) is 11.9 Å². The van der Waals surface area contributed by atoms with Crippen LogP contribution in [0.5, 0.6) is 5.75 Å². The van der Waals surface area contributed by atoms with Crippen molar-refractivity contribution >= 4 is 21.9 Å². The molecule has 0 heterocycles. The Kier molecular flexibility index (Phi) is 4.80. The average Bonchev–Trinajstić information content (AvgIpc) is 2.29. The first-order valence-electron chi connectivity index (χ1n) is 4.41. The van der Waals surface area contributed by atoms with Crippen molar-refractivity contribution < 1.29 is 27.4 Å². The number of methoxy groups -OCH3 is 1. The van der Waals surface area contributed by atoms with Gasteiger partial charge in [-0.15, -0.1) is 0 Å². The summed E-state index contributed by atoms with van der Waals surface area (Å²) in [6.45, 7) is -3.05. The van der Waals surface area contributed by atoms with Gasteiger partial charge in [-0.05, 0) is 12.1 Å². The molecule has 0 aliphatic carbocycles. The van der Waals surface area contributed by atoms with E-state index < -0.39 is 24.0 Å². The van der Waals surface area contributed by atoms with Gasteiger partial charge in [-0.1, -0.05) is 15.9 Å². The minimum atomic E-state index is -3.05. The molecule has 0 spiro atoms. The molecule has 1 aromatic carbocycles. The summed E-state index contributed by atoms with van der Waals surface area (Å²) in [5, 5.41) is 0.0588. The van der Waals surface area contributed by atoms with Gasteiger partial charge < -0.3 is 9.47 Å². The molecule has 0 saturated heterocycles. The van der Waals surface area contributed by atoms with Crippen LogP contribution in [0, 0.1) is 5.82 Å². The van der Waals surface area contributed by atoms with E-state index in [1.165, 1.54) is 0 Å². The Morgan fingerprint density at radius 1 is 1.47 bits per heavy atom. The zero-order valence-corrected chi connectivity index (χ0v) is 10.3. The molecule has 0 amide bonds. The molecule has 1 rings (SSSR count). The van der Waals surface area contributed by atoms with Crippen LogP contribution < -0.4 is 4.74 Å². The van der Waals surface area contributed by atoms with Crippen LogP contribution in [-0.4, -0.2) is 19.7 Å². The van der Waals surface area contributed by atoms with Gasteiger partial charge in [0, 0.05) is 10.9 Å². The van der Waals surface area contributed by atoms with E-state index in [4.69, 9.17) is 0 Å². The fourth-order valence-corrected chi connectivity index (χ4v) is 1.59. The van der Waals surface area contributed by atoms with Gasteiger partial charge in [0.05, 0.1) is 12.7 Å². The monoisotopic (exact) mass is 312 g/mol. The van der Waals surface area contributed by atoms with E-state index in [1.807, 2.05) is 0 Å². The molecule has 94 valence electrons. The maximum atomic E-state index is 13.7. The lowest BCUT2D eigenvalue weighted by Gasteiger charge is -2.10. The smallest absolute Gasteiger partial charge is 0.387 e. The number of halogens is 4. The Hall–Kier alpha value is -1.24. The highest BCUT2D eigenvalue weighted by molar-refractivity contribution is 9.08. The molecule has 0 saturated carbocycles. The summed E-state index contributed by atoms with van der Waals surface area (Å²) in [5.41, 5.74) is -0.413. The van der Waals surface area contributed by atoms with Crippen LogP contribution in [-0.2, 0) is 10.1 Å². The molecule has 0 radical (unpaired) electrons. The second-order valence-corrected chi connectivity index (χ2v) is 3.51. The third-order valence-corrected chi connectivity index (χ3v) is 2.50. The van der Waals surface area contributed by atoms with Gasteiger partial charge >= 0.3 is 12.6 Å². The molecule has 0 N–H and O–H groups in total. The van der Waals surface area contributed by atoms with Crippen LogP contribution in [0.3, 0.4) is 0 Å². The van der Waals surface area contributed by atoms with Gasteiger partial charge in [0.25, 0.3) is 0 Å². The highest BCUT2D eigenvalue weighted by atomic mass is 79.9. The number of hydrogen-bond acceptors (Lipinski definition) is 3. The first-order chi connectivity index (χ1) is 7.99. The first-order valence-corrected chi connectivity index (χ1v) is 5.53. The molecule has 3 nitrogen and oxygen atoms in total. The zero-order chi connectivity index (χ0) is 13.0. The summed E-state index contributed by atoms with van der Waals surface area (Å²) in [7, 11) is 1.07. The lowest BCUT2D eigenvalue weighted by molar-refractivity contribution is -0.0500. The molecule has 1 aromatic rings. The molecular formula is C10H8BrF3O3. The van der Waals surface area contributed by atoms with Crippen LogP contribution in [0.4, 0.5) is 13.2 Å². The zero-order valence-electron chi connectivity index (χ0n) is 8.68. The van der Waals surface area contributed by atoms with Crippen molar-refractivity contribution in [2.75, 3.05) is 7.11 Å². The van der Waals surface area contributed by atoms with E-state index >= 15 is 0 Å². The van der Waals surface area contributed by atoms with Crippen LogP contribution >= 0.6 is 15.9 Å². The predicted molar refractivity (Wildman–Crippen MR) is 57.0 cm³/mol. The van der Waals surface area contributed by atoms with Gasteiger partial charge in [0.2, 0.25) is 0 Å². The van der Waals surface area contributed by atoms with Crippen molar-refractivity contribution in [2.24, 2.45) is 0 Å². The Morgan fingerprint density at radius 3 is 2.59 bits per heavy atom. The second kappa shape index (κ2) is 5.90. The maximum absolute atomic E-state index is 13.7. The van der Waals surface area contributed by atoms with Crippen molar-refractivity contribution in [3.05, 3.63) is 29.1 Å². The Balaban J connectivity index is 3.23. The van der Waals surface area contributed by atoms with Crippen LogP contribution in [0.1, 0.15) is 15.9 Å². The van der Waals surface area contributed by atoms with E-state index in [-0.39, 0.29) is 16.6 Å². The van der Waals surface area contributed by atoms with E-state index in [0.29, 0.717) is 0 Å². The minimum absolute atomic E-state index is 0.0311. The largest absolute Gasteiger partial charge is 0.465 e. The molecule has 0 aromatic heterocycles. The van der Waals surface area contributed by atoms with Gasteiger partial charge in [-0.3, -0.25) is 0 Å². The number of carbonyl (C=O) groups is 1. The van der Waals surface area contributed by atoms with E-state index in [1.54, 1.807) is 0 Å². The number of carbonyl (C=O) groups excluding carboxylic acids is 1. The van der Waals surface area contributed by atoms with Crippen LogP contribution in [0.2, 0.25) is 0 Å². The number of hydrogen-bond donors (Lipinski definition) is 0. The summed E-state index contributed by atoms with van der Waals surface area (Å²) in [6, 6.07) is 1.96. The quantitative estimate of drug-likeness (QED) is 0.633. The minimum Gasteiger partial charge on any atom is -0.465 e. The van der Waals surface area contributed by atoms with Gasteiger partial charge in [0.1, 0.15) is 11.6 Å². The Morgan fingerprint density at radius 2 is 2.12 bits per heavy atom. The van der Waals surface area contributed by atoms with E-state index in [9.17, 15) is 18.0 Å². The van der Waals surface area contributed by atoms with Crippen LogP contribution in [0.15, 0.2) is 12.1 Å². The standard InChI is InChI=1S/C10H8BrF3O3/c1-16-9(15)7-3-6(17-10(13)14)2-5(4-11)8(7)12/h2-3,10H,4H2,1H3. The van der Waals surface area contributed by atoms with Gasteiger partial charge in [-0.2, -0.15) is 8.78 Å². The number of esters is 1. The van der Waals surface area contributed by atoms with Crippen molar-refractivity contribution in [1.82, 2.24) is 0 Å². The maximum Gasteiger partial charge on any atom is 0.387 e. The van der Waals surface area contributed by atoms with Gasteiger partial charge in [-0.25, -0.2) is 9.18 Å². The summed E-state index contributed by atoms with van der Waals surface area (Å²) >= 11 is 2.98. The molecule has 7 heteroatoms. The molecule has 0 bridgehead atoms. The fourth-order valence-electron chi connectivity index (χ4n) is 1.18. The lowest BCUT2D eigenvalue weighted by atomic mass is 10.1. The third-order valence-electron chi connectivity index (χ3n) is 1.90. The number of ether oxygens (including phenoxy) is 2. The number of alkyl halides is 3. The van der Waals surface area contributed by atoms with Crippen LogP contribution in [0.25, 0.3) is 0 Å². The molecule has 0 aliphatic rings. The third kappa shape index (κ3) is 3.36. The number of benzene rings is 1. The summed E-state index contributed by atoms with van der Waals surface area (Å²) < 4.78 is 46.2. The second-order valence-electron chi connectivity index (χ2n) is 2.95. The molecule has 0 atom stereocenters. The summed E-state index contributed by atoms with van der Waals surface area (Å²) in [4.78, 5) is 11.2.